The number of halogens is 1. The Hall–Kier alpha value is -2.47. The fourth-order valence-corrected chi connectivity index (χ4v) is 7.73. The molecule has 1 fully saturated rings. The Morgan fingerprint density at radius 1 is 1.36 bits per heavy atom. The Morgan fingerprint density at radius 2 is 2.00 bits per heavy atom. The van der Waals surface area contributed by atoms with Crippen LogP contribution in [0.3, 0.4) is 0 Å². The van der Waals surface area contributed by atoms with Crippen LogP contribution in [0.2, 0.25) is 5.02 Å². The van der Waals surface area contributed by atoms with Crippen LogP contribution in [0.4, 0.5) is 0 Å². The molecule has 0 radical (unpaired) electrons. The second-order valence-electron chi connectivity index (χ2n) is 10.2. The summed E-state index contributed by atoms with van der Waals surface area (Å²) in [5.74, 6) is -1.23. The van der Waals surface area contributed by atoms with Crippen LogP contribution < -0.4 is 16.4 Å². The molecule has 1 aromatic heterocycles. The van der Waals surface area contributed by atoms with Crippen molar-refractivity contribution in [1.82, 2.24) is 20.4 Å². The van der Waals surface area contributed by atoms with Crippen molar-refractivity contribution in [3.8, 4) is 0 Å². The highest BCUT2D eigenvalue weighted by atomic mass is 35.5. The molecule has 2 aliphatic rings. The highest BCUT2D eigenvalue weighted by Crippen LogP contribution is 2.54. The van der Waals surface area contributed by atoms with E-state index in [-0.39, 0.29) is 36.8 Å². The van der Waals surface area contributed by atoms with Gasteiger partial charge in [0, 0.05) is 42.7 Å². The van der Waals surface area contributed by atoms with Crippen molar-refractivity contribution < 1.29 is 23.1 Å². The second-order valence-corrected chi connectivity index (χ2v) is 13.6. The number of hydrogen-bond donors (Lipinski definition) is 4. The molecule has 2 heterocycles. The van der Waals surface area contributed by atoms with Crippen LogP contribution >= 0.6 is 11.6 Å². The highest BCUT2D eigenvalue weighted by Gasteiger charge is 2.62. The van der Waals surface area contributed by atoms with Gasteiger partial charge >= 0.3 is 0 Å². The predicted octanol–water partition coefficient (Wildman–Crippen LogP) is 1.27. The summed E-state index contributed by atoms with van der Waals surface area (Å²) in [6, 6.07) is 6.12. The molecule has 2 atom stereocenters. The molecule has 36 heavy (non-hydrogen) atoms. The van der Waals surface area contributed by atoms with Crippen molar-refractivity contribution in [3.05, 3.63) is 51.8 Å². The zero-order valence-corrected chi connectivity index (χ0v) is 22.1. The van der Waals surface area contributed by atoms with Crippen molar-refractivity contribution in [2.45, 2.75) is 61.1 Å². The molecule has 0 spiro atoms. The average molecular weight is 538 g/mol. The van der Waals surface area contributed by atoms with E-state index in [1.54, 1.807) is 31.3 Å². The third kappa shape index (κ3) is 4.42. The molecule has 2 amide bonds. The molecule has 2 aromatic rings. The number of fused-ring (bicyclic) bond motifs is 1. The zero-order chi connectivity index (χ0) is 26.5. The average Bonchev–Trinajstić information content (AvgIpc) is 3.55. The molecule has 4 rings (SSSR count). The third-order valence-corrected chi connectivity index (χ3v) is 11.2. The number of amides is 2. The van der Waals surface area contributed by atoms with Gasteiger partial charge in [-0.3, -0.25) is 14.3 Å². The highest BCUT2D eigenvalue weighted by molar-refractivity contribution is 7.94. The number of carbonyl (C=O) groups excluding carboxylic acids is 2. The first kappa shape index (κ1) is 26.6. The van der Waals surface area contributed by atoms with Crippen molar-refractivity contribution in [2.24, 2.45) is 12.8 Å². The molecule has 196 valence electrons. The van der Waals surface area contributed by atoms with Gasteiger partial charge in [0.25, 0.3) is 11.8 Å². The van der Waals surface area contributed by atoms with E-state index >= 15 is 0 Å². The first-order chi connectivity index (χ1) is 16.8. The Bertz CT molecular complexity index is 1280. The number of rotatable bonds is 9. The smallest absolute Gasteiger partial charge is 0.272 e. The van der Waals surface area contributed by atoms with Gasteiger partial charge in [-0.05, 0) is 50.8 Å². The lowest BCUT2D eigenvalue weighted by Gasteiger charge is -2.36. The maximum atomic E-state index is 13.7. The largest absolute Gasteiger partial charge is 0.395 e. The molecule has 10 nitrogen and oxygen atoms in total. The van der Waals surface area contributed by atoms with E-state index in [9.17, 15) is 23.1 Å². The van der Waals surface area contributed by atoms with Crippen molar-refractivity contribution in [3.63, 3.8) is 0 Å². The fraction of sp³-hybridized carbons (Fsp3) is 0.542. The van der Waals surface area contributed by atoms with Gasteiger partial charge in [0.2, 0.25) is 0 Å². The number of carbonyl (C=O) groups is 2. The fourth-order valence-electron chi connectivity index (χ4n) is 4.96. The third-order valence-electron chi connectivity index (χ3n) is 7.58. The van der Waals surface area contributed by atoms with Crippen LogP contribution in [0.15, 0.2) is 24.3 Å². The molecule has 12 heteroatoms. The summed E-state index contributed by atoms with van der Waals surface area (Å²) < 4.78 is 26.4. The zero-order valence-electron chi connectivity index (χ0n) is 20.5. The first-order valence-corrected chi connectivity index (χ1v) is 13.7. The summed E-state index contributed by atoms with van der Waals surface area (Å²) in [6.07, 6.45) is 1.12. The molecule has 1 aliphatic carbocycles. The molecule has 1 aliphatic heterocycles. The molecule has 0 bridgehead atoms. The second kappa shape index (κ2) is 9.44. The minimum Gasteiger partial charge on any atom is -0.395 e. The van der Waals surface area contributed by atoms with Crippen LogP contribution in [0.25, 0.3) is 0 Å². The molecule has 1 unspecified atom stereocenters. The number of aliphatic hydroxyl groups is 1. The van der Waals surface area contributed by atoms with Crippen LogP contribution in [0.1, 0.15) is 71.1 Å². The van der Waals surface area contributed by atoms with Gasteiger partial charge in [-0.1, -0.05) is 23.7 Å². The van der Waals surface area contributed by atoms with Gasteiger partial charge in [0.1, 0.15) is 5.69 Å². The number of sulfone groups is 1. The monoisotopic (exact) mass is 537 g/mol. The van der Waals surface area contributed by atoms with E-state index in [4.69, 9.17) is 17.3 Å². The number of aromatic nitrogens is 2. The van der Waals surface area contributed by atoms with Crippen LogP contribution in [0, 0.1) is 0 Å². The number of hydrogen-bond acceptors (Lipinski definition) is 7. The summed E-state index contributed by atoms with van der Waals surface area (Å²) in [5, 5.41) is 20.1. The van der Waals surface area contributed by atoms with E-state index in [0.29, 0.717) is 23.4 Å². The van der Waals surface area contributed by atoms with Gasteiger partial charge in [0.15, 0.2) is 15.5 Å². The normalized spacial score (nSPS) is 19.8. The number of nitrogens with two attached hydrogens (primary N) is 1. The van der Waals surface area contributed by atoms with E-state index in [1.165, 1.54) is 18.5 Å². The first-order valence-electron chi connectivity index (χ1n) is 11.8. The summed E-state index contributed by atoms with van der Waals surface area (Å²) >= 11 is 5.93. The van der Waals surface area contributed by atoms with Crippen LogP contribution in [0.5, 0.6) is 0 Å². The Balaban J connectivity index is 1.63. The van der Waals surface area contributed by atoms with Gasteiger partial charge in [-0.15, -0.1) is 0 Å². The van der Waals surface area contributed by atoms with E-state index in [0.717, 1.165) is 5.56 Å². The molecular formula is C24H32ClN5O5S. The number of nitrogens with zero attached hydrogens (tertiary/aromatic N) is 2. The predicted molar refractivity (Wildman–Crippen MR) is 136 cm³/mol. The SMILES string of the molecule is Cn1nc(C(=O)NCc2ccc(Cl)cc2)c2c1C(=O)NC[C@@H]2CC1(S(=O)(=O)C(C)(C)C(N)CO)CC1. The van der Waals surface area contributed by atoms with Crippen molar-refractivity contribution >= 4 is 33.3 Å². The Kier molecular flexibility index (Phi) is 6.97. The maximum Gasteiger partial charge on any atom is 0.272 e. The number of aliphatic hydroxyl groups excluding tert-OH is 1. The Morgan fingerprint density at radius 3 is 2.58 bits per heavy atom. The number of benzene rings is 1. The van der Waals surface area contributed by atoms with Crippen LogP contribution in [-0.2, 0) is 23.4 Å². The van der Waals surface area contributed by atoms with Gasteiger partial charge < -0.3 is 21.5 Å². The lowest BCUT2D eigenvalue weighted by molar-refractivity contribution is 0.0929. The Labute approximate surface area is 215 Å². The van der Waals surface area contributed by atoms with Gasteiger partial charge in [0.05, 0.1) is 16.1 Å². The molecule has 5 N–H and O–H groups in total. The lowest BCUT2D eigenvalue weighted by Crippen LogP contribution is -2.55. The van der Waals surface area contributed by atoms with E-state index in [2.05, 4.69) is 15.7 Å². The number of aryl methyl sites for hydroxylation is 1. The summed E-state index contributed by atoms with van der Waals surface area (Å²) in [5.41, 5.74) is 7.65. The van der Waals surface area contributed by atoms with Crippen LogP contribution in [-0.4, -0.2) is 63.8 Å². The summed E-state index contributed by atoms with van der Waals surface area (Å²) in [6.45, 7) is 3.06. The minimum absolute atomic E-state index is 0.112. The van der Waals surface area contributed by atoms with Gasteiger partial charge in [-0.25, -0.2) is 8.42 Å². The lowest BCUT2D eigenvalue weighted by atomic mass is 9.88. The van der Waals surface area contributed by atoms with Crippen molar-refractivity contribution in [1.29, 1.82) is 0 Å². The molecule has 1 saturated carbocycles. The quantitative estimate of drug-likeness (QED) is 0.375. The van der Waals surface area contributed by atoms with E-state index < -0.39 is 43.8 Å². The standard InChI is InChI=1S/C24H32ClN5O5S/c1-23(2,17(26)13-31)36(34,35)24(8-9-24)10-15-12-28-22(33)20-18(15)19(29-30(20)3)21(32)27-11-14-4-6-16(25)7-5-14/h4-7,15,17,31H,8-13,26H2,1-3H3,(H,27,32)(H,28,33)/t15-,17?/m0/s1. The van der Waals surface area contributed by atoms with Crippen molar-refractivity contribution in [2.75, 3.05) is 13.2 Å². The number of nitrogens with one attached hydrogen (secondary N) is 2. The van der Waals surface area contributed by atoms with E-state index in [1.807, 2.05) is 0 Å². The molecular weight excluding hydrogens is 506 g/mol. The topological polar surface area (TPSA) is 156 Å². The van der Waals surface area contributed by atoms with Gasteiger partial charge in [-0.2, -0.15) is 5.10 Å². The molecule has 1 aromatic carbocycles. The summed E-state index contributed by atoms with van der Waals surface area (Å²) in [7, 11) is -2.18. The maximum absolute atomic E-state index is 13.7. The summed E-state index contributed by atoms with van der Waals surface area (Å²) in [4.78, 5) is 25.9. The molecule has 0 saturated heterocycles. The minimum atomic E-state index is -3.77.